The normalized spacial score (nSPS) is 10.3. The van der Waals surface area contributed by atoms with Gasteiger partial charge in [0, 0.05) is 33.4 Å². The van der Waals surface area contributed by atoms with Gasteiger partial charge < -0.3 is 10.6 Å². The Morgan fingerprint density at radius 2 is 1.57 bits per heavy atom. The Hall–Kier alpha value is -2.04. The summed E-state index contributed by atoms with van der Waals surface area (Å²) in [5, 5.41) is 6.39. The van der Waals surface area contributed by atoms with Gasteiger partial charge in [-0.2, -0.15) is 0 Å². The molecular formula is C17H16Cl2N2O2. The first-order chi connectivity index (χ1) is 10.9. The maximum Gasteiger partial charge on any atom is 0.255 e. The first kappa shape index (κ1) is 17.3. The second-order valence-electron chi connectivity index (χ2n) is 4.99. The second kappa shape index (κ2) is 7.49. The fourth-order valence-corrected chi connectivity index (χ4v) is 2.55. The third-order valence-electron chi connectivity index (χ3n) is 3.30. The third kappa shape index (κ3) is 4.47. The van der Waals surface area contributed by atoms with Gasteiger partial charge in [-0.3, -0.25) is 9.59 Å². The van der Waals surface area contributed by atoms with Gasteiger partial charge in [-0.25, -0.2) is 0 Å². The lowest BCUT2D eigenvalue weighted by atomic mass is 10.1. The predicted molar refractivity (Wildman–Crippen MR) is 94.5 cm³/mol. The highest BCUT2D eigenvalue weighted by Gasteiger charge is 2.12. The summed E-state index contributed by atoms with van der Waals surface area (Å²) in [6.07, 6.45) is 0.386. The van der Waals surface area contributed by atoms with Crippen LogP contribution in [0.2, 0.25) is 10.0 Å². The summed E-state index contributed by atoms with van der Waals surface area (Å²) in [4.78, 5) is 23.9. The van der Waals surface area contributed by atoms with Crippen LogP contribution in [0.1, 0.15) is 29.3 Å². The number of carbonyl (C=O) groups excluding carboxylic acids is 2. The lowest BCUT2D eigenvalue weighted by Gasteiger charge is -2.13. The topological polar surface area (TPSA) is 58.2 Å². The van der Waals surface area contributed by atoms with E-state index in [1.54, 1.807) is 43.3 Å². The van der Waals surface area contributed by atoms with Crippen LogP contribution in [0.4, 0.5) is 11.4 Å². The van der Waals surface area contributed by atoms with Crippen molar-refractivity contribution in [2.75, 3.05) is 10.6 Å². The molecule has 0 heterocycles. The molecular weight excluding hydrogens is 335 g/mol. The van der Waals surface area contributed by atoms with Crippen LogP contribution in [-0.4, -0.2) is 11.8 Å². The molecule has 2 aromatic carbocycles. The predicted octanol–water partition coefficient (Wildman–Crippen LogP) is 4.90. The Bertz CT molecular complexity index is 740. The number of halogens is 2. The molecule has 0 aliphatic heterocycles. The third-order valence-corrected chi connectivity index (χ3v) is 3.74. The molecule has 120 valence electrons. The summed E-state index contributed by atoms with van der Waals surface area (Å²) in [6.45, 7) is 3.60. The van der Waals surface area contributed by atoms with Gasteiger partial charge in [0.15, 0.2) is 0 Å². The molecule has 0 unspecified atom stereocenters. The standard InChI is InChI=1S/C17H16Cl2N2O2/c1-3-16(22)20-14-5-4-6-15(10(14)2)21-17(23)11-7-12(18)9-13(19)8-11/h4-9H,3H2,1-2H3,(H,20,22)(H,21,23). The fourth-order valence-electron chi connectivity index (χ4n) is 2.02. The van der Waals surface area contributed by atoms with E-state index in [1.165, 1.54) is 0 Å². The maximum atomic E-state index is 12.3. The zero-order chi connectivity index (χ0) is 17.0. The summed E-state index contributed by atoms with van der Waals surface area (Å²) in [5.41, 5.74) is 2.42. The number of rotatable bonds is 4. The van der Waals surface area contributed by atoms with Crippen LogP contribution in [0.25, 0.3) is 0 Å². The molecule has 4 nitrogen and oxygen atoms in total. The van der Waals surface area contributed by atoms with Crippen molar-refractivity contribution >= 4 is 46.4 Å². The minimum atomic E-state index is -0.323. The van der Waals surface area contributed by atoms with Gasteiger partial charge in [-0.05, 0) is 42.8 Å². The van der Waals surface area contributed by atoms with E-state index in [1.807, 2.05) is 6.92 Å². The lowest BCUT2D eigenvalue weighted by Crippen LogP contribution is -2.15. The summed E-state index contributed by atoms with van der Waals surface area (Å²) in [5.74, 6) is -0.408. The Kier molecular flexibility index (Phi) is 5.64. The molecule has 0 saturated carbocycles. The quantitative estimate of drug-likeness (QED) is 0.823. The molecule has 0 aliphatic rings. The Morgan fingerprint density at radius 1 is 1.00 bits per heavy atom. The van der Waals surface area contributed by atoms with E-state index in [-0.39, 0.29) is 11.8 Å². The lowest BCUT2D eigenvalue weighted by molar-refractivity contribution is -0.115. The highest BCUT2D eigenvalue weighted by atomic mass is 35.5. The number of amides is 2. The van der Waals surface area contributed by atoms with Crippen molar-refractivity contribution in [3.8, 4) is 0 Å². The molecule has 0 aromatic heterocycles. The molecule has 0 aliphatic carbocycles. The first-order valence-electron chi connectivity index (χ1n) is 7.07. The van der Waals surface area contributed by atoms with Crippen molar-refractivity contribution < 1.29 is 9.59 Å². The Morgan fingerprint density at radius 3 is 2.13 bits per heavy atom. The van der Waals surface area contributed by atoms with Crippen LogP contribution in [0.3, 0.4) is 0 Å². The highest BCUT2D eigenvalue weighted by Crippen LogP contribution is 2.25. The monoisotopic (exact) mass is 350 g/mol. The number of hydrogen-bond acceptors (Lipinski definition) is 2. The fraction of sp³-hybridized carbons (Fsp3) is 0.176. The minimum absolute atomic E-state index is 0.0850. The average molecular weight is 351 g/mol. The molecule has 0 atom stereocenters. The van der Waals surface area contributed by atoms with E-state index in [4.69, 9.17) is 23.2 Å². The van der Waals surface area contributed by atoms with Crippen molar-refractivity contribution in [2.24, 2.45) is 0 Å². The largest absolute Gasteiger partial charge is 0.326 e. The number of nitrogens with one attached hydrogen (secondary N) is 2. The van der Waals surface area contributed by atoms with Crippen LogP contribution in [0.5, 0.6) is 0 Å². The number of hydrogen-bond donors (Lipinski definition) is 2. The van der Waals surface area contributed by atoms with Crippen molar-refractivity contribution in [3.05, 3.63) is 57.6 Å². The van der Waals surface area contributed by atoms with Gasteiger partial charge >= 0.3 is 0 Å². The van der Waals surface area contributed by atoms with Crippen molar-refractivity contribution in [1.82, 2.24) is 0 Å². The Labute approximate surface area is 144 Å². The van der Waals surface area contributed by atoms with Crippen LogP contribution in [0, 0.1) is 6.92 Å². The van der Waals surface area contributed by atoms with Gasteiger partial charge in [-0.1, -0.05) is 36.2 Å². The van der Waals surface area contributed by atoms with Crippen molar-refractivity contribution in [1.29, 1.82) is 0 Å². The summed E-state index contributed by atoms with van der Waals surface area (Å²) in [6, 6.07) is 9.96. The molecule has 0 spiro atoms. The molecule has 2 rings (SSSR count). The molecule has 2 amide bonds. The van der Waals surface area contributed by atoms with Crippen LogP contribution in [0.15, 0.2) is 36.4 Å². The summed E-state index contributed by atoms with van der Waals surface area (Å²) < 4.78 is 0. The molecule has 0 fully saturated rings. The smallest absolute Gasteiger partial charge is 0.255 e. The zero-order valence-corrected chi connectivity index (χ0v) is 14.3. The average Bonchev–Trinajstić information content (AvgIpc) is 2.50. The van der Waals surface area contributed by atoms with Crippen LogP contribution < -0.4 is 10.6 Å². The molecule has 2 N–H and O–H groups in total. The molecule has 0 bridgehead atoms. The van der Waals surface area contributed by atoms with Crippen molar-refractivity contribution in [2.45, 2.75) is 20.3 Å². The first-order valence-corrected chi connectivity index (χ1v) is 7.83. The summed E-state index contributed by atoms with van der Waals surface area (Å²) >= 11 is 11.8. The number of benzene rings is 2. The molecule has 0 radical (unpaired) electrons. The molecule has 0 saturated heterocycles. The second-order valence-corrected chi connectivity index (χ2v) is 5.86. The van der Waals surface area contributed by atoms with E-state index in [0.717, 1.165) is 5.56 Å². The highest BCUT2D eigenvalue weighted by molar-refractivity contribution is 6.35. The maximum absolute atomic E-state index is 12.3. The molecule has 23 heavy (non-hydrogen) atoms. The van der Waals surface area contributed by atoms with Gasteiger partial charge in [0.2, 0.25) is 5.91 Å². The number of carbonyl (C=O) groups is 2. The van der Waals surface area contributed by atoms with E-state index < -0.39 is 0 Å². The number of anilines is 2. The van der Waals surface area contributed by atoms with Gasteiger partial charge in [0.1, 0.15) is 0 Å². The minimum Gasteiger partial charge on any atom is -0.326 e. The van der Waals surface area contributed by atoms with Crippen LogP contribution in [-0.2, 0) is 4.79 Å². The van der Waals surface area contributed by atoms with Crippen LogP contribution >= 0.6 is 23.2 Å². The van der Waals surface area contributed by atoms with E-state index >= 15 is 0 Å². The van der Waals surface area contributed by atoms with E-state index in [9.17, 15) is 9.59 Å². The molecule has 2 aromatic rings. The van der Waals surface area contributed by atoms with Crippen molar-refractivity contribution in [3.63, 3.8) is 0 Å². The van der Waals surface area contributed by atoms with Gasteiger partial charge in [-0.15, -0.1) is 0 Å². The van der Waals surface area contributed by atoms with Gasteiger partial charge in [0.05, 0.1) is 0 Å². The summed E-state index contributed by atoms with van der Waals surface area (Å²) in [7, 11) is 0. The SMILES string of the molecule is CCC(=O)Nc1cccc(NC(=O)c2cc(Cl)cc(Cl)c2)c1C. The van der Waals surface area contributed by atoms with Gasteiger partial charge in [0.25, 0.3) is 5.91 Å². The zero-order valence-electron chi connectivity index (χ0n) is 12.7. The Balaban J connectivity index is 2.24. The molecule has 6 heteroatoms. The van der Waals surface area contributed by atoms with E-state index in [2.05, 4.69) is 10.6 Å². The van der Waals surface area contributed by atoms with E-state index in [0.29, 0.717) is 33.4 Å².